The van der Waals surface area contributed by atoms with Gasteiger partial charge in [-0.15, -0.1) is 0 Å². The zero-order valence-electron chi connectivity index (χ0n) is 8.95. The molecule has 4 nitrogen and oxygen atoms in total. The number of carbonyl (C=O) groups excluding carboxylic acids is 1. The molecule has 0 amide bonds. The molecular weight excluding hydrogens is 206 g/mol. The van der Waals surface area contributed by atoms with Crippen LogP contribution in [0.5, 0.6) is 11.5 Å². The highest BCUT2D eigenvalue weighted by Gasteiger charge is 2.48. The number of aryl methyl sites for hydroxylation is 1. The van der Waals surface area contributed by atoms with Gasteiger partial charge in [-0.3, -0.25) is 0 Å². The topological polar surface area (TPSA) is 47.9 Å². The smallest absolute Gasteiger partial charge is 0.235 e. The summed E-state index contributed by atoms with van der Waals surface area (Å²) in [6.45, 7) is 2.23. The molecule has 1 saturated carbocycles. The van der Waals surface area contributed by atoms with Gasteiger partial charge in [0.25, 0.3) is 0 Å². The lowest BCUT2D eigenvalue weighted by Crippen LogP contribution is -2.04. The van der Waals surface area contributed by atoms with Crippen molar-refractivity contribution in [2.45, 2.75) is 25.3 Å². The molecule has 0 radical (unpaired) electrons. The van der Waals surface area contributed by atoms with E-state index in [1.165, 1.54) is 0 Å². The molecule has 1 aliphatic carbocycles. The number of fused-ring (bicyclic) bond motifs is 1. The zero-order valence-corrected chi connectivity index (χ0v) is 8.95. The van der Waals surface area contributed by atoms with Crippen LogP contribution in [0.1, 0.15) is 24.0 Å². The van der Waals surface area contributed by atoms with Gasteiger partial charge in [0.05, 0.1) is 0 Å². The van der Waals surface area contributed by atoms with Gasteiger partial charge in [0, 0.05) is 5.56 Å². The Balaban J connectivity index is 2.17. The summed E-state index contributed by atoms with van der Waals surface area (Å²) >= 11 is 0. The van der Waals surface area contributed by atoms with Gasteiger partial charge >= 0.3 is 0 Å². The van der Waals surface area contributed by atoms with Gasteiger partial charge in [-0.2, -0.15) is 4.99 Å². The van der Waals surface area contributed by atoms with E-state index in [2.05, 4.69) is 4.99 Å². The highest BCUT2D eigenvalue weighted by Crippen LogP contribution is 2.55. The van der Waals surface area contributed by atoms with Crippen LogP contribution in [0.25, 0.3) is 0 Å². The summed E-state index contributed by atoms with van der Waals surface area (Å²) in [4.78, 5) is 14.4. The molecular formula is C12H11NO3. The molecule has 3 rings (SSSR count). The van der Waals surface area contributed by atoms with Crippen LogP contribution in [0.15, 0.2) is 17.1 Å². The summed E-state index contributed by atoms with van der Waals surface area (Å²) in [5.74, 6) is 1.49. The monoisotopic (exact) mass is 217 g/mol. The molecule has 0 saturated heterocycles. The third-order valence-electron chi connectivity index (χ3n) is 3.10. The van der Waals surface area contributed by atoms with E-state index in [-0.39, 0.29) is 6.79 Å². The summed E-state index contributed by atoms with van der Waals surface area (Å²) in [5.41, 5.74) is 1.65. The second-order valence-electron chi connectivity index (χ2n) is 4.28. The van der Waals surface area contributed by atoms with Crippen LogP contribution in [0.4, 0.5) is 0 Å². The summed E-state index contributed by atoms with van der Waals surface area (Å²) in [5, 5.41) is 0. The van der Waals surface area contributed by atoms with Crippen molar-refractivity contribution in [2.24, 2.45) is 4.99 Å². The lowest BCUT2D eigenvalue weighted by molar-refractivity contribution is 0.173. The molecule has 1 aromatic rings. The predicted octanol–water partition coefficient (Wildman–Crippen LogP) is 2.05. The number of benzene rings is 1. The maximum atomic E-state index is 10.5. The molecule has 4 heteroatoms. The van der Waals surface area contributed by atoms with Crippen LogP contribution < -0.4 is 9.47 Å². The number of hydrogen-bond donors (Lipinski definition) is 0. The average molecular weight is 217 g/mol. The second-order valence-corrected chi connectivity index (χ2v) is 4.28. The van der Waals surface area contributed by atoms with Gasteiger partial charge in [-0.25, -0.2) is 4.79 Å². The first-order valence-corrected chi connectivity index (χ1v) is 5.25. The lowest BCUT2D eigenvalue weighted by atomic mass is 10.0. The number of aliphatic imine (C=N–C) groups is 1. The number of hydrogen-bond acceptors (Lipinski definition) is 4. The molecule has 0 spiro atoms. The summed E-state index contributed by atoms with van der Waals surface area (Å²) in [6, 6.07) is 3.95. The van der Waals surface area contributed by atoms with Crippen molar-refractivity contribution in [1.82, 2.24) is 0 Å². The Morgan fingerprint density at radius 2 is 2.19 bits per heavy atom. The van der Waals surface area contributed by atoms with Crippen LogP contribution in [-0.4, -0.2) is 12.9 Å². The summed E-state index contributed by atoms with van der Waals surface area (Å²) in [7, 11) is 0. The molecule has 1 aromatic carbocycles. The molecule has 0 atom stereocenters. The van der Waals surface area contributed by atoms with Gasteiger partial charge in [-0.1, -0.05) is 0 Å². The fraction of sp³-hybridized carbons (Fsp3) is 0.417. The standard InChI is InChI=1S/C12H11NO3/c1-8-4-9(12(2-3-12)13-6-14)11-10(5-8)15-7-16-11/h4-5H,2-3,7H2,1H3. The molecule has 2 aliphatic rings. The SMILES string of the molecule is Cc1cc2c(c(C3(N=C=O)CC3)c1)OCO2. The molecule has 1 fully saturated rings. The third kappa shape index (κ3) is 1.24. The number of nitrogens with zero attached hydrogens (tertiary/aromatic N) is 1. The summed E-state index contributed by atoms with van der Waals surface area (Å²) < 4.78 is 10.8. The highest BCUT2D eigenvalue weighted by atomic mass is 16.7. The minimum atomic E-state index is -0.397. The first kappa shape index (κ1) is 9.43. The third-order valence-corrected chi connectivity index (χ3v) is 3.10. The maximum Gasteiger partial charge on any atom is 0.235 e. The Kier molecular flexibility index (Phi) is 1.82. The van der Waals surface area contributed by atoms with E-state index in [1.54, 1.807) is 6.08 Å². The van der Waals surface area contributed by atoms with Crippen LogP contribution in [0.2, 0.25) is 0 Å². The molecule has 0 aromatic heterocycles. The number of isocyanates is 1. The van der Waals surface area contributed by atoms with Crippen molar-refractivity contribution in [3.8, 4) is 11.5 Å². The van der Waals surface area contributed by atoms with Crippen LogP contribution in [0.3, 0.4) is 0 Å². The Morgan fingerprint density at radius 3 is 2.88 bits per heavy atom. The van der Waals surface area contributed by atoms with Gasteiger partial charge in [0.2, 0.25) is 12.9 Å². The molecule has 1 aliphatic heterocycles. The van der Waals surface area contributed by atoms with Gasteiger partial charge < -0.3 is 9.47 Å². The van der Waals surface area contributed by atoms with E-state index in [9.17, 15) is 4.79 Å². The van der Waals surface area contributed by atoms with E-state index in [4.69, 9.17) is 9.47 Å². The Morgan fingerprint density at radius 1 is 1.38 bits per heavy atom. The molecule has 1 heterocycles. The van der Waals surface area contributed by atoms with E-state index in [1.807, 2.05) is 19.1 Å². The second kappa shape index (κ2) is 3.09. The van der Waals surface area contributed by atoms with Crippen LogP contribution in [-0.2, 0) is 10.3 Å². The van der Waals surface area contributed by atoms with Crippen LogP contribution in [0, 0.1) is 6.92 Å². The molecule has 82 valence electrons. The molecule has 0 bridgehead atoms. The Bertz CT molecular complexity index is 499. The van der Waals surface area contributed by atoms with Crippen molar-refractivity contribution in [3.63, 3.8) is 0 Å². The number of ether oxygens (including phenoxy) is 2. The fourth-order valence-corrected chi connectivity index (χ4v) is 2.14. The van der Waals surface area contributed by atoms with Crippen LogP contribution >= 0.6 is 0 Å². The predicted molar refractivity (Wildman–Crippen MR) is 56.3 cm³/mol. The van der Waals surface area contributed by atoms with Gasteiger partial charge in [0.1, 0.15) is 5.54 Å². The van der Waals surface area contributed by atoms with Gasteiger partial charge in [-0.05, 0) is 37.5 Å². The van der Waals surface area contributed by atoms with Crippen molar-refractivity contribution in [2.75, 3.05) is 6.79 Å². The minimum Gasteiger partial charge on any atom is -0.454 e. The van der Waals surface area contributed by atoms with Crippen molar-refractivity contribution in [3.05, 3.63) is 23.3 Å². The zero-order chi connectivity index (χ0) is 11.2. The Hall–Kier alpha value is -1.80. The van der Waals surface area contributed by atoms with E-state index >= 15 is 0 Å². The molecule has 0 unspecified atom stereocenters. The molecule has 16 heavy (non-hydrogen) atoms. The average Bonchev–Trinajstić information content (AvgIpc) is 2.88. The summed E-state index contributed by atoms with van der Waals surface area (Å²) in [6.07, 6.45) is 3.41. The largest absolute Gasteiger partial charge is 0.454 e. The number of rotatable bonds is 2. The van der Waals surface area contributed by atoms with Crippen molar-refractivity contribution < 1.29 is 14.3 Å². The van der Waals surface area contributed by atoms with E-state index in [0.717, 1.165) is 35.5 Å². The fourth-order valence-electron chi connectivity index (χ4n) is 2.14. The quantitative estimate of drug-likeness (QED) is 0.562. The highest BCUT2D eigenvalue weighted by molar-refractivity contribution is 5.56. The van der Waals surface area contributed by atoms with Crippen molar-refractivity contribution >= 4 is 6.08 Å². The first-order valence-electron chi connectivity index (χ1n) is 5.25. The first-order chi connectivity index (χ1) is 7.75. The Labute approximate surface area is 92.9 Å². The normalized spacial score (nSPS) is 19.1. The lowest BCUT2D eigenvalue weighted by Gasteiger charge is -2.12. The molecule has 0 N–H and O–H groups in total. The van der Waals surface area contributed by atoms with Crippen molar-refractivity contribution in [1.29, 1.82) is 0 Å². The van der Waals surface area contributed by atoms with Gasteiger partial charge in [0.15, 0.2) is 11.5 Å². The van der Waals surface area contributed by atoms with E-state index < -0.39 is 5.54 Å². The maximum absolute atomic E-state index is 10.5. The van der Waals surface area contributed by atoms with E-state index in [0.29, 0.717) is 0 Å². The minimum absolute atomic E-state index is 0.243.